The largest absolute Gasteiger partial charge is 0.487 e. The van der Waals surface area contributed by atoms with Crippen molar-refractivity contribution >= 4 is 16.1 Å². The lowest BCUT2D eigenvalue weighted by Crippen LogP contribution is -2.52. The van der Waals surface area contributed by atoms with E-state index in [1.54, 1.807) is 48.1 Å². The Morgan fingerprint density at radius 1 is 1.28 bits per heavy atom. The summed E-state index contributed by atoms with van der Waals surface area (Å²) in [5.41, 5.74) is 1.30. The van der Waals surface area contributed by atoms with E-state index in [2.05, 4.69) is 22.1 Å². The number of carbonyl (C=O) groups is 1. The van der Waals surface area contributed by atoms with Gasteiger partial charge in [0.1, 0.15) is 22.4 Å². The minimum absolute atomic E-state index is 0.0140. The second kappa shape index (κ2) is 12.4. The number of nitrogens with one attached hydrogen (secondary N) is 1. The van der Waals surface area contributed by atoms with E-state index >= 15 is 0 Å². The molecule has 39 heavy (non-hydrogen) atoms. The van der Waals surface area contributed by atoms with Crippen molar-refractivity contribution in [3.8, 4) is 17.6 Å². The van der Waals surface area contributed by atoms with Crippen LogP contribution in [0.4, 0.5) is 4.79 Å². The number of ether oxygens (including phenoxy) is 1. The molecule has 2 aliphatic rings. The molecule has 1 fully saturated rings. The predicted molar refractivity (Wildman–Crippen MR) is 148 cm³/mol. The molecule has 11 heteroatoms. The number of urea groups is 1. The number of aliphatic hydroxyl groups excluding tert-OH is 1. The van der Waals surface area contributed by atoms with Crippen LogP contribution in [0.2, 0.25) is 0 Å². The average molecular weight is 558 g/mol. The van der Waals surface area contributed by atoms with Gasteiger partial charge in [-0.15, -0.1) is 0 Å². The van der Waals surface area contributed by atoms with Crippen molar-refractivity contribution in [2.75, 3.05) is 26.7 Å². The number of hydrogen-bond donors (Lipinski definition) is 2. The molecule has 0 radical (unpaired) electrons. The average Bonchev–Trinajstić information content (AvgIpc) is 3.33. The molecule has 2 amide bonds. The molecule has 0 bridgehead atoms. The summed E-state index contributed by atoms with van der Waals surface area (Å²) < 4.78 is 36.9. The van der Waals surface area contributed by atoms with E-state index in [-0.39, 0.29) is 48.3 Å². The van der Waals surface area contributed by atoms with E-state index < -0.39 is 22.2 Å². The fourth-order valence-corrected chi connectivity index (χ4v) is 6.85. The zero-order chi connectivity index (χ0) is 28.2. The van der Waals surface area contributed by atoms with Gasteiger partial charge in [0.2, 0.25) is 10.0 Å². The Kier molecular flexibility index (Phi) is 9.20. The molecule has 0 spiro atoms. The number of rotatable bonds is 5. The maximum absolute atomic E-state index is 13.7. The van der Waals surface area contributed by atoms with Gasteiger partial charge in [-0.3, -0.25) is 0 Å². The summed E-state index contributed by atoms with van der Waals surface area (Å²) in [6, 6.07) is 4.17. The van der Waals surface area contributed by atoms with Crippen LogP contribution in [0, 0.1) is 17.8 Å². The molecule has 2 heterocycles. The number of nitrogens with zero attached hydrogens (tertiary/aromatic N) is 4. The van der Waals surface area contributed by atoms with Gasteiger partial charge in [0.15, 0.2) is 0 Å². The van der Waals surface area contributed by atoms with Crippen molar-refractivity contribution in [1.82, 2.24) is 24.1 Å². The first-order valence-corrected chi connectivity index (χ1v) is 15.0. The summed E-state index contributed by atoms with van der Waals surface area (Å²) in [7, 11) is -0.388. The zero-order valence-electron chi connectivity index (χ0n) is 23.1. The van der Waals surface area contributed by atoms with Crippen molar-refractivity contribution in [2.45, 2.75) is 69.0 Å². The third-order valence-electron chi connectivity index (χ3n) is 7.55. The fraction of sp³-hybridized carbons (Fsp3) is 0.571. The Balaban J connectivity index is 1.64. The number of likely N-dealkylation sites (N-methyl/N-ethyl adjacent to an activating group) is 1. The Morgan fingerprint density at radius 3 is 2.69 bits per heavy atom. The lowest BCUT2D eigenvalue weighted by molar-refractivity contribution is 0.0806. The second-order valence-electron chi connectivity index (χ2n) is 10.7. The number of aromatic nitrogens is 2. The normalized spacial score (nSPS) is 22.3. The molecule has 4 rings (SSSR count). The highest BCUT2D eigenvalue weighted by atomic mass is 32.2. The summed E-state index contributed by atoms with van der Waals surface area (Å²) in [6.45, 7) is 3.69. The number of aryl methyl sites for hydroxylation is 1. The molecule has 10 nitrogen and oxygen atoms in total. The molecule has 1 aliphatic heterocycles. The number of carbonyl (C=O) groups excluding carboxylic acids is 1. The summed E-state index contributed by atoms with van der Waals surface area (Å²) in [4.78, 5) is 18.7. The monoisotopic (exact) mass is 557 g/mol. The highest BCUT2D eigenvalue weighted by molar-refractivity contribution is 7.89. The molecule has 3 atom stereocenters. The molecule has 0 unspecified atom stereocenters. The standard InChI is InChI=1S/C28H39N5O5S/c1-20-16-33(21(2)18-34)39(36,37)27-13-11-22(10-12-24-15-29-19-32(24)4)14-25(27)38-26(20)17-31(3)28(35)30-23-8-6-5-7-9-23/h11,13-15,19-21,23,26,34H,5-9,16-18H2,1-4H3,(H,30,35)/t20-,21+,26+/m1/s1. The highest BCUT2D eigenvalue weighted by Crippen LogP contribution is 2.34. The number of amides is 2. The van der Waals surface area contributed by atoms with Gasteiger partial charge in [0, 0.05) is 44.2 Å². The van der Waals surface area contributed by atoms with Crippen molar-refractivity contribution in [3.05, 3.63) is 42.0 Å². The van der Waals surface area contributed by atoms with Crippen molar-refractivity contribution < 1.29 is 23.1 Å². The number of hydrogen-bond acceptors (Lipinski definition) is 6. The van der Waals surface area contributed by atoms with E-state index in [4.69, 9.17) is 4.74 Å². The molecule has 1 aromatic carbocycles. The van der Waals surface area contributed by atoms with Gasteiger partial charge in [-0.2, -0.15) is 4.31 Å². The van der Waals surface area contributed by atoms with Crippen molar-refractivity contribution in [1.29, 1.82) is 0 Å². The van der Waals surface area contributed by atoms with Gasteiger partial charge in [0.05, 0.1) is 25.7 Å². The smallest absolute Gasteiger partial charge is 0.317 e. The van der Waals surface area contributed by atoms with E-state index in [1.165, 1.54) is 16.8 Å². The summed E-state index contributed by atoms with van der Waals surface area (Å²) in [6.07, 6.45) is 8.23. The third kappa shape index (κ3) is 6.75. The summed E-state index contributed by atoms with van der Waals surface area (Å²) >= 11 is 0. The molecular weight excluding hydrogens is 518 g/mol. The molecule has 1 saturated carbocycles. The van der Waals surface area contributed by atoms with Crippen molar-refractivity contribution in [2.24, 2.45) is 13.0 Å². The van der Waals surface area contributed by atoms with Crippen LogP contribution in [0.15, 0.2) is 35.6 Å². The lowest BCUT2D eigenvalue weighted by Gasteiger charge is -2.37. The van der Waals surface area contributed by atoms with Crippen LogP contribution in [-0.4, -0.2) is 83.2 Å². The maximum Gasteiger partial charge on any atom is 0.317 e. The molecule has 0 saturated heterocycles. The first-order valence-electron chi connectivity index (χ1n) is 13.5. The number of aliphatic hydroxyl groups is 1. The molecule has 1 aliphatic carbocycles. The van der Waals surface area contributed by atoms with Crippen LogP contribution in [-0.2, 0) is 17.1 Å². The van der Waals surface area contributed by atoms with E-state index in [0.717, 1.165) is 31.4 Å². The lowest BCUT2D eigenvalue weighted by atomic mass is 9.96. The van der Waals surface area contributed by atoms with Crippen LogP contribution in [0.25, 0.3) is 0 Å². The minimum atomic E-state index is -3.96. The van der Waals surface area contributed by atoms with Crippen molar-refractivity contribution in [3.63, 3.8) is 0 Å². The summed E-state index contributed by atoms with van der Waals surface area (Å²) in [5.74, 6) is 6.02. The molecule has 2 aromatic rings. The quantitative estimate of drug-likeness (QED) is 0.546. The molecule has 212 valence electrons. The highest BCUT2D eigenvalue weighted by Gasteiger charge is 2.38. The first kappa shape index (κ1) is 28.9. The minimum Gasteiger partial charge on any atom is -0.487 e. The second-order valence-corrected chi connectivity index (χ2v) is 12.6. The van der Waals surface area contributed by atoms with Gasteiger partial charge < -0.3 is 24.6 Å². The van der Waals surface area contributed by atoms with E-state index in [1.807, 2.05) is 14.0 Å². The Bertz CT molecular complexity index is 1330. The Labute approximate surface area is 231 Å². The first-order chi connectivity index (χ1) is 18.6. The zero-order valence-corrected chi connectivity index (χ0v) is 23.9. The third-order valence-corrected chi connectivity index (χ3v) is 9.57. The Morgan fingerprint density at radius 2 is 2.03 bits per heavy atom. The number of benzene rings is 1. The van der Waals surface area contributed by atoms with Gasteiger partial charge in [-0.05, 0) is 43.9 Å². The van der Waals surface area contributed by atoms with Gasteiger partial charge >= 0.3 is 6.03 Å². The molecule has 2 N–H and O–H groups in total. The van der Waals surface area contributed by atoms with Crippen LogP contribution >= 0.6 is 0 Å². The van der Waals surface area contributed by atoms with Gasteiger partial charge in [-0.25, -0.2) is 18.2 Å². The Hall–Kier alpha value is -3.07. The number of sulfonamides is 1. The number of fused-ring (bicyclic) bond motifs is 1. The predicted octanol–water partition coefficient (Wildman–Crippen LogP) is 2.56. The fourth-order valence-electron chi connectivity index (χ4n) is 5.02. The van der Waals surface area contributed by atoms with Crippen LogP contribution in [0.1, 0.15) is 57.2 Å². The van der Waals surface area contributed by atoms with Crippen LogP contribution in [0.5, 0.6) is 5.75 Å². The van der Waals surface area contributed by atoms with Crippen LogP contribution in [0.3, 0.4) is 0 Å². The maximum atomic E-state index is 13.7. The van der Waals surface area contributed by atoms with Crippen LogP contribution < -0.4 is 10.1 Å². The molecular formula is C28H39N5O5S. The van der Waals surface area contributed by atoms with E-state index in [0.29, 0.717) is 5.56 Å². The van der Waals surface area contributed by atoms with E-state index in [9.17, 15) is 18.3 Å². The number of imidazole rings is 1. The topological polar surface area (TPSA) is 117 Å². The SMILES string of the molecule is C[C@@H]1CN([C@@H](C)CO)S(=O)(=O)c2ccc(C#Cc3cncn3C)cc2O[C@H]1CN(C)C(=O)NC1CCCCC1. The van der Waals surface area contributed by atoms with Gasteiger partial charge in [-0.1, -0.05) is 32.1 Å². The van der Waals surface area contributed by atoms with Gasteiger partial charge in [0.25, 0.3) is 0 Å². The molecule has 1 aromatic heterocycles. The summed E-state index contributed by atoms with van der Waals surface area (Å²) in [5, 5.41) is 13.0.